The van der Waals surface area contributed by atoms with Gasteiger partial charge < -0.3 is 4.90 Å². The van der Waals surface area contributed by atoms with E-state index in [-0.39, 0.29) is 17.6 Å². The number of halogens is 1. The number of carbonyl (C=O) groups is 1. The summed E-state index contributed by atoms with van der Waals surface area (Å²) < 4.78 is 26.2. The van der Waals surface area contributed by atoms with Gasteiger partial charge in [-0.05, 0) is 37.5 Å². The first-order valence-electron chi connectivity index (χ1n) is 8.64. The number of carbonyl (C=O) groups excluding carboxylic acids is 1. The summed E-state index contributed by atoms with van der Waals surface area (Å²) in [5.74, 6) is 0.716. The average molecular weight is 403 g/mol. The molecule has 1 atom stereocenters. The van der Waals surface area contributed by atoms with Gasteiger partial charge in [-0.1, -0.05) is 18.5 Å². The van der Waals surface area contributed by atoms with Gasteiger partial charge in [0, 0.05) is 35.3 Å². The van der Waals surface area contributed by atoms with Crippen LogP contribution in [-0.2, 0) is 14.8 Å². The summed E-state index contributed by atoms with van der Waals surface area (Å²) in [6.45, 7) is 3.30. The lowest BCUT2D eigenvalue weighted by molar-refractivity contribution is -0.123. The van der Waals surface area contributed by atoms with Gasteiger partial charge in [0.05, 0.1) is 17.4 Å². The van der Waals surface area contributed by atoms with Crippen LogP contribution in [0.15, 0.2) is 23.1 Å². The molecule has 0 N–H and O–H groups in total. The molecule has 8 heteroatoms. The molecule has 1 aromatic carbocycles. The lowest BCUT2D eigenvalue weighted by Gasteiger charge is -2.36. The number of amides is 1. The highest BCUT2D eigenvalue weighted by Crippen LogP contribution is 2.38. The molecule has 2 heterocycles. The molecule has 0 spiro atoms. The minimum absolute atomic E-state index is 0.0141. The Labute approximate surface area is 158 Å². The number of piperidine rings is 1. The van der Waals surface area contributed by atoms with Crippen LogP contribution >= 0.6 is 23.4 Å². The van der Waals surface area contributed by atoms with Crippen LogP contribution in [0.2, 0.25) is 5.02 Å². The van der Waals surface area contributed by atoms with Gasteiger partial charge in [-0.3, -0.25) is 4.79 Å². The highest BCUT2D eigenvalue weighted by molar-refractivity contribution is 7.99. The van der Waals surface area contributed by atoms with E-state index in [9.17, 15) is 13.2 Å². The second kappa shape index (κ2) is 7.86. The van der Waals surface area contributed by atoms with Gasteiger partial charge in [0.15, 0.2) is 0 Å². The van der Waals surface area contributed by atoms with Crippen molar-refractivity contribution in [1.29, 1.82) is 0 Å². The van der Waals surface area contributed by atoms with Crippen molar-refractivity contribution in [2.45, 2.75) is 31.1 Å². The summed E-state index contributed by atoms with van der Waals surface area (Å²) in [5, 5.41) is 0.606. The predicted octanol–water partition coefficient (Wildman–Crippen LogP) is 3.23. The summed E-state index contributed by atoms with van der Waals surface area (Å²) in [4.78, 5) is 16.0. The maximum absolute atomic E-state index is 13.1. The monoisotopic (exact) mass is 402 g/mol. The van der Waals surface area contributed by atoms with Crippen molar-refractivity contribution in [2.24, 2.45) is 5.92 Å². The minimum Gasteiger partial charge on any atom is -0.310 e. The predicted molar refractivity (Wildman–Crippen MR) is 103 cm³/mol. The first-order valence-corrected chi connectivity index (χ1v) is 11.6. The van der Waals surface area contributed by atoms with E-state index in [2.05, 4.69) is 0 Å². The fraction of sp³-hybridized carbons (Fsp3) is 0.588. The molecular formula is C17H23ClN2O3S2. The third-order valence-electron chi connectivity index (χ3n) is 4.64. The highest BCUT2D eigenvalue weighted by Gasteiger charge is 2.35. The fourth-order valence-electron chi connectivity index (χ4n) is 3.42. The Kier molecular flexibility index (Phi) is 5.98. The second-order valence-electron chi connectivity index (χ2n) is 6.46. The number of rotatable bonds is 4. The smallest absolute Gasteiger partial charge is 0.231 e. The van der Waals surface area contributed by atoms with E-state index in [4.69, 9.17) is 11.6 Å². The third kappa shape index (κ3) is 4.15. The summed E-state index contributed by atoms with van der Waals surface area (Å²) in [6.07, 6.45) is 2.05. The standard InChI is InChI=1S/C17H23ClN2O3S2/c1-2-10-25(22,23)19-7-3-4-13(12-19)17(21)20-8-9-24-16-6-5-14(18)11-15(16)20/h5-6,11,13H,2-4,7-10,12H2,1H3. The Morgan fingerprint density at radius 2 is 2.16 bits per heavy atom. The molecule has 3 rings (SSSR count). The van der Waals surface area contributed by atoms with E-state index in [1.807, 2.05) is 25.1 Å². The van der Waals surface area contributed by atoms with Gasteiger partial charge in [0.2, 0.25) is 15.9 Å². The molecule has 5 nitrogen and oxygen atoms in total. The first-order chi connectivity index (χ1) is 11.9. The van der Waals surface area contributed by atoms with Crippen LogP contribution < -0.4 is 4.90 Å². The molecule has 0 saturated carbocycles. The first kappa shape index (κ1) is 19.0. The van der Waals surface area contributed by atoms with Crippen molar-refractivity contribution < 1.29 is 13.2 Å². The van der Waals surface area contributed by atoms with Crippen molar-refractivity contribution in [2.75, 3.05) is 36.0 Å². The molecule has 1 saturated heterocycles. The number of fused-ring (bicyclic) bond motifs is 1. The van der Waals surface area contributed by atoms with E-state index >= 15 is 0 Å². The van der Waals surface area contributed by atoms with Crippen LogP contribution in [0.25, 0.3) is 0 Å². The van der Waals surface area contributed by atoms with Gasteiger partial charge in [0.1, 0.15) is 0 Å². The number of sulfonamides is 1. The Morgan fingerprint density at radius 1 is 1.36 bits per heavy atom. The van der Waals surface area contributed by atoms with Crippen LogP contribution in [0, 0.1) is 5.92 Å². The van der Waals surface area contributed by atoms with Gasteiger partial charge in [-0.25, -0.2) is 12.7 Å². The Morgan fingerprint density at radius 3 is 2.92 bits per heavy atom. The molecule has 138 valence electrons. The van der Waals surface area contributed by atoms with Crippen molar-refractivity contribution >= 4 is 45.0 Å². The van der Waals surface area contributed by atoms with E-state index in [1.54, 1.807) is 16.7 Å². The quantitative estimate of drug-likeness (QED) is 0.775. The lowest BCUT2D eigenvalue weighted by atomic mass is 9.97. The molecule has 1 amide bonds. The van der Waals surface area contributed by atoms with Crippen LogP contribution in [-0.4, -0.2) is 49.8 Å². The van der Waals surface area contributed by atoms with E-state index in [0.29, 0.717) is 31.1 Å². The average Bonchev–Trinajstić information content (AvgIpc) is 2.60. The van der Waals surface area contributed by atoms with Crippen molar-refractivity contribution in [3.63, 3.8) is 0 Å². The molecular weight excluding hydrogens is 380 g/mol. The maximum atomic E-state index is 13.1. The molecule has 2 aliphatic rings. The van der Waals surface area contributed by atoms with Gasteiger partial charge in [-0.2, -0.15) is 0 Å². The largest absolute Gasteiger partial charge is 0.310 e. The Hall–Kier alpha value is -0.760. The zero-order valence-corrected chi connectivity index (χ0v) is 16.7. The fourth-order valence-corrected chi connectivity index (χ4v) is 6.15. The highest BCUT2D eigenvalue weighted by atomic mass is 35.5. The Balaban J connectivity index is 1.79. The lowest BCUT2D eigenvalue weighted by Crippen LogP contribution is -2.48. The molecule has 0 aliphatic carbocycles. The normalized spacial score (nSPS) is 21.8. The summed E-state index contributed by atoms with van der Waals surface area (Å²) >= 11 is 7.83. The van der Waals surface area contributed by atoms with Crippen molar-refractivity contribution in [3.8, 4) is 0 Å². The maximum Gasteiger partial charge on any atom is 0.231 e. The van der Waals surface area contributed by atoms with Gasteiger partial charge in [-0.15, -0.1) is 11.8 Å². The summed E-state index contributed by atoms with van der Waals surface area (Å²) in [5.41, 5.74) is 0.849. The second-order valence-corrected chi connectivity index (χ2v) is 10.1. The van der Waals surface area contributed by atoms with Crippen LogP contribution in [0.3, 0.4) is 0 Å². The molecule has 1 unspecified atom stereocenters. The van der Waals surface area contributed by atoms with Crippen LogP contribution in [0.4, 0.5) is 5.69 Å². The van der Waals surface area contributed by atoms with Crippen molar-refractivity contribution in [1.82, 2.24) is 4.31 Å². The zero-order valence-electron chi connectivity index (χ0n) is 14.3. The SMILES string of the molecule is CCCS(=O)(=O)N1CCCC(C(=O)N2CCSc3ccc(Cl)cc32)C1. The molecule has 25 heavy (non-hydrogen) atoms. The van der Waals surface area contributed by atoms with E-state index < -0.39 is 10.0 Å². The zero-order chi connectivity index (χ0) is 18.0. The number of hydrogen-bond donors (Lipinski definition) is 0. The van der Waals surface area contributed by atoms with Crippen LogP contribution in [0.5, 0.6) is 0 Å². The number of hydrogen-bond acceptors (Lipinski definition) is 4. The molecule has 1 aromatic rings. The third-order valence-corrected chi connectivity index (χ3v) is 7.96. The number of nitrogens with zero attached hydrogens (tertiary/aromatic N) is 2. The topological polar surface area (TPSA) is 57.7 Å². The number of benzene rings is 1. The summed E-state index contributed by atoms with van der Waals surface area (Å²) in [6, 6.07) is 5.61. The molecule has 0 aromatic heterocycles. The molecule has 0 bridgehead atoms. The number of thioether (sulfide) groups is 1. The molecule has 1 fully saturated rings. The van der Waals surface area contributed by atoms with E-state index in [0.717, 1.165) is 29.2 Å². The van der Waals surface area contributed by atoms with Crippen LogP contribution in [0.1, 0.15) is 26.2 Å². The van der Waals surface area contributed by atoms with Gasteiger partial charge >= 0.3 is 0 Å². The van der Waals surface area contributed by atoms with Gasteiger partial charge in [0.25, 0.3) is 0 Å². The summed E-state index contributed by atoms with van der Waals surface area (Å²) in [7, 11) is -3.26. The minimum atomic E-state index is -3.26. The van der Waals surface area contributed by atoms with Crippen molar-refractivity contribution in [3.05, 3.63) is 23.2 Å². The molecule has 2 aliphatic heterocycles. The Bertz CT molecular complexity index is 754. The van der Waals surface area contributed by atoms with E-state index in [1.165, 1.54) is 4.31 Å². The molecule has 0 radical (unpaired) electrons. The number of anilines is 1.